The molecule has 1 atom stereocenters. The highest BCUT2D eigenvalue weighted by Gasteiger charge is 2.55. The maximum Gasteiger partial charge on any atom is 0.309 e. The van der Waals surface area contributed by atoms with Gasteiger partial charge in [0, 0.05) is 40.7 Å². The topological polar surface area (TPSA) is 94.1 Å². The van der Waals surface area contributed by atoms with Crippen LogP contribution in [0.4, 0.5) is 5.82 Å². The van der Waals surface area contributed by atoms with Gasteiger partial charge < -0.3 is 19.8 Å². The van der Waals surface area contributed by atoms with Crippen LogP contribution in [-0.4, -0.2) is 77.4 Å². The molecule has 0 saturated carbocycles. The van der Waals surface area contributed by atoms with Crippen LogP contribution in [0.3, 0.4) is 0 Å². The number of anilines is 1. The summed E-state index contributed by atoms with van der Waals surface area (Å²) < 4.78 is 0. The Morgan fingerprint density at radius 2 is 1.92 bits per heavy atom. The van der Waals surface area contributed by atoms with E-state index in [1.807, 2.05) is 11.0 Å². The Hall–Kier alpha value is -2.64. The molecule has 2 aliphatic heterocycles. The van der Waals surface area contributed by atoms with Crippen LogP contribution < -0.4 is 4.90 Å². The average Bonchev–Trinajstić information content (AvgIpc) is 2.87. The molecule has 0 radical (unpaired) electrons. The van der Waals surface area contributed by atoms with Crippen molar-refractivity contribution in [3.05, 3.63) is 23.9 Å². The molecule has 1 aromatic rings. The lowest BCUT2D eigenvalue weighted by Gasteiger charge is -2.45. The fraction of sp³-hybridized carbons (Fsp3) is 0.556. The molecule has 1 aromatic heterocycles. The van der Waals surface area contributed by atoms with E-state index in [1.165, 1.54) is 4.90 Å². The molecular formula is C18H24N4O4. The van der Waals surface area contributed by atoms with Crippen molar-refractivity contribution in [1.82, 2.24) is 14.8 Å². The molecule has 2 aliphatic rings. The van der Waals surface area contributed by atoms with E-state index in [9.17, 15) is 19.5 Å². The molecule has 2 fully saturated rings. The van der Waals surface area contributed by atoms with Gasteiger partial charge in [0.1, 0.15) is 11.5 Å². The summed E-state index contributed by atoms with van der Waals surface area (Å²) >= 11 is 0. The molecule has 26 heavy (non-hydrogen) atoms. The van der Waals surface area contributed by atoms with Gasteiger partial charge in [0.05, 0.1) is 11.5 Å². The molecule has 8 heteroatoms. The number of aromatic nitrogens is 1. The number of carbonyl (C=O) groups excluding carboxylic acids is 2. The summed E-state index contributed by atoms with van der Waals surface area (Å²) in [6.45, 7) is 1.18. The zero-order valence-corrected chi connectivity index (χ0v) is 15.3. The first-order valence-electron chi connectivity index (χ1n) is 8.69. The van der Waals surface area contributed by atoms with E-state index in [2.05, 4.69) is 4.98 Å². The lowest BCUT2D eigenvalue weighted by atomic mass is 9.77. The first kappa shape index (κ1) is 18.2. The Bertz CT molecular complexity index is 740. The van der Waals surface area contributed by atoms with Crippen LogP contribution in [0.25, 0.3) is 0 Å². The van der Waals surface area contributed by atoms with Crippen molar-refractivity contribution in [2.75, 3.05) is 39.1 Å². The molecule has 3 heterocycles. The number of hydrogen-bond donors (Lipinski definition) is 1. The molecule has 0 unspecified atom stereocenters. The van der Waals surface area contributed by atoms with Crippen molar-refractivity contribution in [2.45, 2.75) is 24.8 Å². The number of aliphatic carboxylic acids is 1. The van der Waals surface area contributed by atoms with Gasteiger partial charge in [0.25, 0.3) is 5.91 Å². The second-order valence-electron chi connectivity index (χ2n) is 7.22. The fourth-order valence-electron chi connectivity index (χ4n) is 4.06. The van der Waals surface area contributed by atoms with E-state index in [0.29, 0.717) is 37.4 Å². The quantitative estimate of drug-likeness (QED) is 0.852. The standard InChI is InChI=1S/C18H24N4O4/c1-20(2)16(24)13-5-4-6-14(19-13)22-9-7-18(8-10-22)12(17(25)26)11-15(23)21(18)3/h4-6,12H,7-11H2,1-3H3,(H,25,26)/t12-/m0/s1. The third-order valence-electron chi connectivity index (χ3n) is 5.68. The number of likely N-dealkylation sites (tertiary alicyclic amines) is 1. The number of carboxylic acids is 1. The highest BCUT2D eigenvalue weighted by Crippen LogP contribution is 2.43. The van der Waals surface area contributed by atoms with Gasteiger partial charge in [-0.15, -0.1) is 0 Å². The molecule has 0 aliphatic carbocycles. The minimum Gasteiger partial charge on any atom is -0.481 e. The average molecular weight is 360 g/mol. The van der Waals surface area contributed by atoms with Crippen molar-refractivity contribution in [3.63, 3.8) is 0 Å². The van der Waals surface area contributed by atoms with Crippen molar-refractivity contribution >= 4 is 23.6 Å². The number of nitrogens with zero attached hydrogens (tertiary/aromatic N) is 4. The Morgan fingerprint density at radius 3 is 2.50 bits per heavy atom. The number of pyridine rings is 1. The maximum absolute atomic E-state index is 12.1. The Kier molecular flexibility index (Phi) is 4.60. The van der Waals surface area contributed by atoms with Crippen LogP contribution >= 0.6 is 0 Å². The summed E-state index contributed by atoms with van der Waals surface area (Å²) in [5, 5.41) is 9.55. The lowest BCUT2D eigenvalue weighted by Crippen LogP contribution is -2.56. The molecule has 2 saturated heterocycles. The molecule has 0 aromatic carbocycles. The summed E-state index contributed by atoms with van der Waals surface area (Å²) in [5.41, 5.74) is -0.249. The monoisotopic (exact) mass is 360 g/mol. The molecule has 8 nitrogen and oxygen atoms in total. The Labute approximate surface area is 152 Å². The predicted molar refractivity (Wildman–Crippen MR) is 94.9 cm³/mol. The maximum atomic E-state index is 12.1. The highest BCUT2D eigenvalue weighted by molar-refractivity contribution is 5.92. The van der Waals surface area contributed by atoms with Crippen molar-refractivity contribution in [3.8, 4) is 0 Å². The number of carbonyl (C=O) groups is 3. The van der Waals surface area contributed by atoms with E-state index in [0.717, 1.165) is 0 Å². The van der Waals surface area contributed by atoms with Gasteiger partial charge in [0.15, 0.2) is 0 Å². The van der Waals surface area contributed by atoms with Gasteiger partial charge in [-0.3, -0.25) is 14.4 Å². The normalized spacial score (nSPS) is 22.0. The minimum atomic E-state index is -0.909. The second kappa shape index (κ2) is 6.59. The molecule has 3 rings (SSSR count). The zero-order valence-electron chi connectivity index (χ0n) is 15.3. The van der Waals surface area contributed by atoms with Gasteiger partial charge in [-0.05, 0) is 25.0 Å². The van der Waals surface area contributed by atoms with Crippen LogP contribution in [0.15, 0.2) is 18.2 Å². The number of hydrogen-bond acceptors (Lipinski definition) is 5. The van der Waals surface area contributed by atoms with Crippen LogP contribution in [0.2, 0.25) is 0 Å². The summed E-state index contributed by atoms with van der Waals surface area (Å²) in [6.07, 6.45) is 1.20. The van der Waals surface area contributed by atoms with Crippen LogP contribution in [-0.2, 0) is 9.59 Å². The number of amides is 2. The number of carboxylic acid groups (broad SMARTS) is 1. The first-order chi connectivity index (χ1) is 12.3. The summed E-state index contributed by atoms with van der Waals surface area (Å²) in [7, 11) is 5.07. The summed E-state index contributed by atoms with van der Waals surface area (Å²) in [4.78, 5) is 45.5. The second-order valence-corrected chi connectivity index (χ2v) is 7.22. The number of rotatable bonds is 3. The first-order valence-corrected chi connectivity index (χ1v) is 8.69. The van der Waals surface area contributed by atoms with Crippen LogP contribution in [0.5, 0.6) is 0 Å². The molecule has 1 N–H and O–H groups in total. The lowest BCUT2D eigenvalue weighted by molar-refractivity contribution is -0.145. The third-order valence-corrected chi connectivity index (χ3v) is 5.68. The van der Waals surface area contributed by atoms with E-state index in [4.69, 9.17) is 0 Å². The van der Waals surface area contributed by atoms with Crippen molar-refractivity contribution in [2.24, 2.45) is 5.92 Å². The van der Waals surface area contributed by atoms with Gasteiger partial charge >= 0.3 is 5.97 Å². The number of piperidine rings is 1. The van der Waals surface area contributed by atoms with Gasteiger partial charge in [0.2, 0.25) is 5.91 Å². The van der Waals surface area contributed by atoms with E-state index >= 15 is 0 Å². The van der Waals surface area contributed by atoms with Crippen LogP contribution in [0.1, 0.15) is 29.8 Å². The Morgan fingerprint density at radius 1 is 1.27 bits per heavy atom. The summed E-state index contributed by atoms with van der Waals surface area (Å²) in [5.74, 6) is -1.15. The summed E-state index contributed by atoms with van der Waals surface area (Å²) in [6, 6.07) is 5.33. The van der Waals surface area contributed by atoms with Gasteiger partial charge in [-0.2, -0.15) is 0 Å². The Balaban J connectivity index is 1.78. The molecule has 2 amide bonds. The smallest absolute Gasteiger partial charge is 0.309 e. The largest absolute Gasteiger partial charge is 0.481 e. The molecule has 1 spiro atoms. The van der Waals surface area contributed by atoms with Crippen LogP contribution in [0, 0.1) is 5.92 Å². The van der Waals surface area contributed by atoms with Gasteiger partial charge in [-0.25, -0.2) is 4.98 Å². The van der Waals surface area contributed by atoms with E-state index in [1.54, 1.807) is 38.2 Å². The predicted octanol–water partition coefficient (Wildman–Crippen LogP) is 0.685. The SMILES string of the molecule is CN(C)C(=O)c1cccc(N2CCC3(CC2)[C@H](C(=O)O)CC(=O)N3C)n1. The van der Waals surface area contributed by atoms with E-state index in [-0.39, 0.29) is 18.2 Å². The van der Waals surface area contributed by atoms with Crippen molar-refractivity contribution in [1.29, 1.82) is 0 Å². The molecular weight excluding hydrogens is 336 g/mol. The molecule has 0 bridgehead atoms. The minimum absolute atomic E-state index is 0.0664. The highest BCUT2D eigenvalue weighted by atomic mass is 16.4. The fourth-order valence-corrected chi connectivity index (χ4v) is 4.06. The third kappa shape index (κ3) is 2.89. The van der Waals surface area contributed by atoms with E-state index < -0.39 is 17.4 Å². The molecule has 140 valence electrons. The van der Waals surface area contributed by atoms with Crippen molar-refractivity contribution < 1.29 is 19.5 Å². The zero-order chi connectivity index (χ0) is 19.1. The van der Waals surface area contributed by atoms with Gasteiger partial charge in [-0.1, -0.05) is 6.07 Å².